The Morgan fingerprint density at radius 3 is 1.89 bits per heavy atom. The minimum Gasteiger partial charge on any atom is -0.507 e. The van der Waals surface area contributed by atoms with Gasteiger partial charge in [-0.25, -0.2) is 0 Å². The number of aromatic hydroxyl groups is 1. The second-order valence-electron chi connectivity index (χ2n) is 3.15. The highest BCUT2D eigenvalue weighted by molar-refractivity contribution is 6.68. The minimum absolute atomic E-state index is 0.153. The van der Waals surface area contributed by atoms with E-state index in [-0.39, 0.29) is 12.1 Å². The third-order valence-electron chi connectivity index (χ3n) is 1.97. The maximum atomic E-state index is 12.5. The van der Waals surface area contributed by atoms with Gasteiger partial charge in [0.15, 0.2) is 0 Å². The summed E-state index contributed by atoms with van der Waals surface area (Å²) >= 11 is 4.75. The number of rotatable bonds is 1. The third kappa shape index (κ3) is 2.69. The van der Waals surface area contributed by atoms with Crippen molar-refractivity contribution < 1.29 is 36.2 Å². The molecule has 0 fully saturated rings. The van der Waals surface area contributed by atoms with Gasteiger partial charge in [0.1, 0.15) is 11.3 Å². The number of phenolic OH excluding ortho intramolecular Hbond substituents is 1. The van der Waals surface area contributed by atoms with Crippen molar-refractivity contribution in [2.24, 2.45) is 0 Å². The van der Waals surface area contributed by atoms with Gasteiger partial charge in [0.25, 0.3) is 5.24 Å². The molecule has 0 aliphatic rings. The molecule has 0 bridgehead atoms. The number of halogens is 7. The zero-order chi connectivity index (χ0) is 14.3. The van der Waals surface area contributed by atoms with E-state index in [1.54, 1.807) is 0 Å². The molecule has 0 aliphatic heterocycles. The molecule has 1 rings (SSSR count). The standard InChI is InChI=1S/C9H3ClF6O2/c10-7(18)5-3(8(11,12)13)1-2-4(17)6(5)9(14,15)16/h1-2,17H. The molecule has 0 heterocycles. The van der Waals surface area contributed by atoms with E-state index in [1.165, 1.54) is 0 Å². The van der Waals surface area contributed by atoms with Gasteiger partial charge in [0, 0.05) is 0 Å². The van der Waals surface area contributed by atoms with Crippen LogP contribution in [0.25, 0.3) is 0 Å². The predicted octanol–water partition coefficient (Wildman–Crippen LogP) is 3.81. The van der Waals surface area contributed by atoms with E-state index in [9.17, 15) is 31.1 Å². The Hall–Kier alpha value is -1.44. The van der Waals surface area contributed by atoms with Crippen LogP contribution in [0.5, 0.6) is 5.75 Å². The molecule has 0 aromatic heterocycles. The van der Waals surface area contributed by atoms with Gasteiger partial charge in [-0.3, -0.25) is 4.79 Å². The summed E-state index contributed by atoms with van der Waals surface area (Å²) in [4.78, 5) is 10.8. The van der Waals surface area contributed by atoms with Crippen LogP contribution in [-0.4, -0.2) is 10.3 Å². The van der Waals surface area contributed by atoms with Gasteiger partial charge < -0.3 is 5.11 Å². The van der Waals surface area contributed by atoms with Crippen molar-refractivity contribution in [1.82, 2.24) is 0 Å². The van der Waals surface area contributed by atoms with Gasteiger partial charge in [-0.2, -0.15) is 26.3 Å². The van der Waals surface area contributed by atoms with Crippen LogP contribution in [0.2, 0.25) is 0 Å². The molecular weight excluding hydrogens is 290 g/mol. The Morgan fingerprint density at radius 2 is 1.56 bits per heavy atom. The summed E-state index contributed by atoms with van der Waals surface area (Å²) in [5, 5.41) is 7.01. The van der Waals surface area contributed by atoms with Gasteiger partial charge in [-0.1, -0.05) is 0 Å². The van der Waals surface area contributed by atoms with Crippen LogP contribution in [0.3, 0.4) is 0 Å². The molecule has 1 N–H and O–H groups in total. The number of benzene rings is 1. The van der Waals surface area contributed by atoms with Crippen LogP contribution in [0.1, 0.15) is 21.5 Å². The number of hydrogen-bond donors (Lipinski definition) is 1. The first-order valence-electron chi connectivity index (χ1n) is 4.16. The topological polar surface area (TPSA) is 37.3 Å². The lowest BCUT2D eigenvalue weighted by Crippen LogP contribution is -2.18. The first-order valence-corrected chi connectivity index (χ1v) is 4.54. The van der Waals surface area contributed by atoms with E-state index in [4.69, 9.17) is 16.7 Å². The summed E-state index contributed by atoms with van der Waals surface area (Å²) in [5.41, 5.74) is -5.76. The van der Waals surface area contributed by atoms with E-state index in [2.05, 4.69) is 0 Å². The lowest BCUT2D eigenvalue weighted by atomic mass is 10.00. The number of carbonyl (C=O) groups excluding carboxylic acids is 1. The summed E-state index contributed by atoms with van der Waals surface area (Å²) in [6, 6.07) is 0.356. The molecule has 0 amide bonds. The molecule has 0 radical (unpaired) electrons. The van der Waals surface area contributed by atoms with E-state index < -0.39 is 40.0 Å². The highest BCUT2D eigenvalue weighted by atomic mass is 35.5. The summed E-state index contributed by atoms with van der Waals surface area (Å²) in [5.74, 6) is -1.50. The SMILES string of the molecule is O=C(Cl)c1c(C(F)(F)F)ccc(O)c1C(F)(F)F. The minimum atomic E-state index is -5.34. The van der Waals surface area contributed by atoms with Crippen LogP contribution < -0.4 is 0 Å². The highest BCUT2D eigenvalue weighted by Crippen LogP contribution is 2.44. The molecule has 1 aromatic carbocycles. The second-order valence-corrected chi connectivity index (χ2v) is 3.49. The fraction of sp³-hybridized carbons (Fsp3) is 0.222. The lowest BCUT2D eigenvalue weighted by molar-refractivity contribution is -0.144. The Bertz CT molecular complexity index is 491. The Kier molecular flexibility index (Phi) is 3.53. The fourth-order valence-corrected chi connectivity index (χ4v) is 1.52. The first-order chi connectivity index (χ1) is 7.96. The summed E-state index contributed by atoms with van der Waals surface area (Å²) in [7, 11) is 0. The maximum absolute atomic E-state index is 12.5. The monoisotopic (exact) mass is 292 g/mol. The van der Waals surface area contributed by atoms with Gasteiger partial charge in [0.05, 0.1) is 11.1 Å². The van der Waals surface area contributed by atoms with Crippen LogP contribution in [0.4, 0.5) is 26.3 Å². The van der Waals surface area contributed by atoms with Gasteiger partial charge in [-0.05, 0) is 23.7 Å². The molecule has 100 valence electrons. The van der Waals surface area contributed by atoms with Crippen molar-refractivity contribution in [2.45, 2.75) is 12.4 Å². The predicted molar refractivity (Wildman–Crippen MR) is 48.3 cm³/mol. The fourth-order valence-electron chi connectivity index (χ4n) is 1.32. The van der Waals surface area contributed by atoms with Crippen LogP contribution in [-0.2, 0) is 12.4 Å². The van der Waals surface area contributed by atoms with Gasteiger partial charge in [0.2, 0.25) is 0 Å². The normalized spacial score (nSPS) is 12.6. The molecule has 0 saturated heterocycles. The molecular formula is C9H3ClF6O2. The second kappa shape index (κ2) is 4.34. The lowest BCUT2D eigenvalue weighted by Gasteiger charge is -2.17. The van der Waals surface area contributed by atoms with Gasteiger partial charge in [-0.15, -0.1) is 0 Å². The van der Waals surface area contributed by atoms with Crippen molar-refractivity contribution >= 4 is 16.8 Å². The molecule has 2 nitrogen and oxygen atoms in total. The number of phenols is 1. The molecule has 18 heavy (non-hydrogen) atoms. The Balaban J connectivity index is 3.76. The molecule has 9 heteroatoms. The van der Waals surface area contributed by atoms with Crippen molar-refractivity contribution in [1.29, 1.82) is 0 Å². The quantitative estimate of drug-likeness (QED) is 0.631. The molecule has 0 unspecified atom stereocenters. The zero-order valence-corrected chi connectivity index (χ0v) is 8.91. The number of hydrogen-bond acceptors (Lipinski definition) is 2. The van der Waals surface area contributed by atoms with Crippen molar-refractivity contribution in [2.75, 3.05) is 0 Å². The zero-order valence-electron chi connectivity index (χ0n) is 8.16. The number of alkyl halides is 6. The highest BCUT2D eigenvalue weighted by Gasteiger charge is 2.44. The van der Waals surface area contributed by atoms with E-state index in [0.717, 1.165) is 0 Å². The maximum Gasteiger partial charge on any atom is 0.420 e. The summed E-state index contributed by atoms with van der Waals surface area (Å²) in [6.45, 7) is 0. The Labute approximate surface area is 101 Å². The van der Waals surface area contributed by atoms with Crippen LogP contribution >= 0.6 is 11.6 Å². The molecule has 0 atom stereocenters. The molecule has 0 aliphatic carbocycles. The largest absolute Gasteiger partial charge is 0.507 e. The summed E-state index contributed by atoms with van der Waals surface area (Å²) < 4.78 is 74.8. The third-order valence-corrected chi connectivity index (χ3v) is 2.16. The molecule has 1 aromatic rings. The number of carbonyl (C=O) groups is 1. The van der Waals surface area contributed by atoms with E-state index in [1.807, 2.05) is 0 Å². The molecule has 0 saturated carbocycles. The average molecular weight is 293 g/mol. The average Bonchev–Trinajstić information content (AvgIpc) is 2.12. The van der Waals surface area contributed by atoms with Gasteiger partial charge >= 0.3 is 12.4 Å². The summed E-state index contributed by atoms with van der Waals surface area (Å²) in [6.07, 6.45) is -10.5. The van der Waals surface area contributed by atoms with Crippen molar-refractivity contribution in [3.63, 3.8) is 0 Å². The van der Waals surface area contributed by atoms with Crippen LogP contribution in [0.15, 0.2) is 12.1 Å². The van der Waals surface area contributed by atoms with Crippen LogP contribution in [0, 0.1) is 0 Å². The Morgan fingerprint density at radius 1 is 1.06 bits per heavy atom. The van der Waals surface area contributed by atoms with E-state index >= 15 is 0 Å². The smallest absolute Gasteiger partial charge is 0.420 e. The molecule has 0 spiro atoms. The van der Waals surface area contributed by atoms with Crippen molar-refractivity contribution in [3.8, 4) is 5.75 Å². The van der Waals surface area contributed by atoms with E-state index in [0.29, 0.717) is 0 Å². The van der Waals surface area contributed by atoms with Crippen molar-refractivity contribution in [3.05, 3.63) is 28.8 Å². The first kappa shape index (κ1) is 14.6.